The van der Waals surface area contributed by atoms with Crippen LogP contribution in [0.25, 0.3) is 16.7 Å². The molecule has 0 spiro atoms. The van der Waals surface area contributed by atoms with Crippen LogP contribution in [0.3, 0.4) is 0 Å². The number of aromatic nitrogens is 1. The van der Waals surface area contributed by atoms with Crippen LogP contribution in [0, 0.1) is 11.7 Å². The van der Waals surface area contributed by atoms with Crippen LogP contribution in [0.15, 0.2) is 54.7 Å². The fourth-order valence-electron chi connectivity index (χ4n) is 5.82. The number of carbonyl (C=O) groups excluding carboxylic acids is 3. The molecule has 1 N–H and O–H groups in total. The Balaban J connectivity index is 1.53. The Labute approximate surface area is 262 Å². The summed E-state index contributed by atoms with van der Waals surface area (Å²) in [5, 5.41) is 2.52. The van der Waals surface area contributed by atoms with Gasteiger partial charge in [-0.25, -0.2) is 4.39 Å². The van der Waals surface area contributed by atoms with Crippen molar-refractivity contribution >= 4 is 40.6 Å². The van der Waals surface area contributed by atoms with Gasteiger partial charge in [0.25, 0.3) is 0 Å². The van der Waals surface area contributed by atoms with Crippen LogP contribution in [-0.4, -0.2) is 41.3 Å². The third-order valence-corrected chi connectivity index (χ3v) is 8.51. The van der Waals surface area contributed by atoms with Crippen LogP contribution in [0.4, 0.5) is 23.2 Å². The number of halogens is 5. The second kappa shape index (κ2) is 13.0. The lowest BCUT2D eigenvalue weighted by atomic mass is 9.91. The molecule has 0 fully saturated rings. The summed E-state index contributed by atoms with van der Waals surface area (Å²) < 4.78 is 61.1. The first-order chi connectivity index (χ1) is 21.4. The average molecular weight is 644 g/mol. The molecule has 12 heteroatoms. The number of rotatable bonds is 4. The van der Waals surface area contributed by atoms with E-state index in [1.807, 2.05) is 6.07 Å². The average Bonchev–Trinajstić information content (AvgIpc) is 3.00. The Hall–Kier alpha value is -4.25. The molecule has 0 saturated carbocycles. The van der Waals surface area contributed by atoms with E-state index in [1.165, 1.54) is 12.0 Å². The van der Waals surface area contributed by atoms with Crippen LogP contribution in [0.2, 0.25) is 5.02 Å². The number of carbonyl (C=O) groups is 3. The number of methoxy groups -OCH3 is 1. The molecule has 3 aromatic rings. The van der Waals surface area contributed by atoms with E-state index in [4.69, 9.17) is 16.3 Å². The quantitative estimate of drug-likeness (QED) is 0.237. The lowest BCUT2D eigenvalue weighted by Gasteiger charge is -2.35. The van der Waals surface area contributed by atoms with Crippen molar-refractivity contribution in [3.63, 3.8) is 0 Å². The van der Waals surface area contributed by atoms with E-state index < -0.39 is 46.1 Å². The van der Waals surface area contributed by atoms with Gasteiger partial charge in [-0.15, -0.1) is 0 Å². The normalized spacial score (nSPS) is 19.1. The van der Waals surface area contributed by atoms with Gasteiger partial charge in [-0.3, -0.25) is 19.4 Å². The minimum absolute atomic E-state index is 0.0218. The molecule has 0 unspecified atom stereocenters. The maximum atomic E-state index is 15.0. The zero-order chi connectivity index (χ0) is 32.5. The van der Waals surface area contributed by atoms with Crippen LogP contribution >= 0.6 is 11.6 Å². The van der Waals surface area contributed by atoms with Crippen molar-refractivity contribution in [3.05, 3.63) is 88.0 Å². The molecule has 2 atom stereocenters. The lowest BCUT2D eigenvalue weighted by molar-refractivity contribution is -0.140. The Morgan fingerprint density at radius 3 is 2.62 bits per heavy atom. The summed E-state index contributed by atoms with van der Waals surface area (Å²) >= 11 is 5.84. The number of amides is 2. The van der Waals surface area contributed by atoms with Gasteiger partial charge in [-0.1, -0.05) is 37.1 Å². The molecule has 5 rings (SSSR count). The second-order valence-electron chi connectivity index (χ2n) is 11.2. The monoisotopic (exact) mass is 643 g/mol. The zero-order valence-corrected chi connectivity index (χ0v) is 25.3. The molecule has 0 radical (unpaired) electrons. The van der Waals surface area contributed by atoms with Gasteiger partial charge >= 0.3 is 12.1 Å². The Morgan fingerprint density at radius 1 is 1.13 bits per heavy atom. The van der Waals surface area contributed by atoms with Gasteiger partial charge in [-0.05, 0) is 66.3 Å². The van der Waals surface area contributed by atoms with Crippen LogP contribution in [0.5, 0.6) is 0 Å². The number of hydrogen-bond donors (Lipinski definition) is 1. The van der Waals surface area contributed by atoms with Gasteiger partial charge in [0.05, 0.1) is 35.9 Å². The third kappa shape index (κ3) is 6.88. The summed E-state index contributed by atoms with van der Waals surface area (Å²) in [7, 11) is 1.30. The molecule has 2 amide bonds. The minimum atomic E-state index is -4.85. The van der Waals surface area contributed by atoms with Crippen molar-refractivity contribution < 1.29 is 36.7 Å². The Morgan fingerprint density at radius 2 is 1.91 bits per heavy atom. The van der Waals surface area contributed by atoms with E-state index in [-0.39, 0.29) is 36.8 Å². The fraction of sp³-hybridized carbons (Fsp3) is 0.333. The predicted molar refractivity (Wildman–Crippen MR) is 160 cm³/mol. The van der Waals surface area contributed by atoms with Crippen molar-refractivity contribution in [1.82, 2.24) is 9.88 Å². The van der Waals surface area contributed by atoms with E-state index in [2.05, 4.69) is 10.3 Å². The number of fused-ring (bicyclic) bond motifs is 4. The number of nitrogens with one attached hydrogen (secondary N) is 1. The zero-order valence-electron chi connectivity index (χ0n) is 24.5. The fourth-order valence-corrected chi connectivity index (χ4v) is 5.98. The van der Waals surface area contributed by atoms with Crippen LogP contribution in [0.1, 0.15) is 61.0 Å². The second-order valence-corrected chi connectivity index (χ2v) is 11.6. The SMILES string of the molecule is COC(=O)Cc1ccc2c(c1)NC(=O)[C@H](C)CCC[C@H](N1CCC(c3c(C(F)(F)F)ccc(Cl)c3F)=CC1=O)c1cc-2ccn1. The van der Waals surface area contributed by atoms with Crippen molar-refractivity contribution in [1.29, 1.82) is 0 Å². The highest BCUT2D eigenvalue weighted by Gasteiger charge is 2.38. The lowest BCUT2D eigenvalue weighted by Crippen LogP contribution is -2.38. The summed E-state index contributed by atoms with van der Waals surface area (Å²) in [5.74, 6) is -2.81. The molecule has 2 aromatic carbocycles. The number of esters is 1. The first-order valence-electron chi connectivity index (χ1n) is 14.4. The van der Waals surface area contributed by atoms with Crippen molar-refractivity contribution in [2.45, 2.75) is 51.2 Å². The predicted octanol–water partition coefficient (Wildman–Crippen LogP) is 7.39. The van der Waals surface area contributed by atoms with Gasteiger partial charge in [0, 0.05) is 41.5 Å². The molecule has 45 heavy (non-hydrogen) atoms. The molecule has 236 valence electrons. The van der Waals surface area contributed by atoms with E-state index in [1.54, 1.807) is 37.4 Å². The number of benzene rings is 2. The Kier molecular flexibility index (Phi) is 9.29. The summed E-state index contributed by atoms with van der Waals surface area (Å²) in [6, 6.07) is 9.86. The minimum Gasteiger partial charge on any atom is -0.469 e. The summed E-state index contributed by atoms with van der Waals surface area (Å²) in [6.07, 6.45) is -0.755. The molecule has 7 nitrogen and oxygen atoms in total. The largest absolute Gasteiger partial charge is 0.469 e. The Bertz CT molecular complexity index is 1690. The highest BCUT2D eigenvalue weighted by Crippen LogP contribution is 2.42. The number of hydrogen-bond acceptors (Lipinski definition) is 5. The van der Waals surface area contributed by atoms with Gasteiger partial charge < -0.3 is 15.0 Å². The molecular weight excluding hydrogens is 614 g/mol. The molecule has 3 heterocycles. The summed E-state index contributed by atoms with van der Waals surface area (Å²) in [6.45, 7) is 1.82. The molecule has 2 bridgehead atoms. The summed E-state index contributed by atoms with van der Waals surface area (Å²) in [4.78, 5) is 44.7. The van der Waals surface area contributed by atoms with Gasteiger partial charge in [0.15, 0.2) is 0 Å². The molecule has 1 aromatic heterocycles. The summed E-state index contributed by atoms with van der Waals surface area (Å²) in [5.41, 5.74) is 1.10. The number of anilines is 1. The van der Waals surface area contributed by atoms with E-state index in [0.29, 0.717) is 53.4 Å². The number of nitrogens with zero attached hydrogens (tertiary/aromatic N) is 2. The van der Waals surface area contributed by atoms with Crippen molar-refractivity contribution in [3.8, 4) is 11.1 Å². The molecule has 2 aliphatic rings. The number of pyridine rings is 1. The third-order valence-electron chi connectivity index (χ3n) is 8.21. The molecule has 2 aliphatic heterocycles. The first-order valence-corrected chi connectivity index (χ1v) is 14.8. The maximum absolute atomic E-state index is 15.0. The maximum Gasteiger partial charge on any atom is 0.417 e. The smallest absolute Gasteiger partial charge is 0.417 e. The van der Waals surface area contributed by atoms with Crippen molar-refractivity contribution in [2.75, 3.05) is 19.0 Å². The number of alkyl halides is 3. The molecular formula is C33H30ClF4N3O4. The topological polar surface area (TPSA) is 88.6 Å². The molecule has 0 saturated heterocycles. The first kappa shape index (κ1) is 32.2. The van der Waals surface area contributed by atoms with E-state index in [0.717, 1.165) is 12.1 Å². The van der Waals surface area contributed by atoms with Gasteiger partial charge in [-0.2, -0.15) is 13.2 Å². The number of ether oxygens (including phenoxy) is 1. The van der Waals surface area contributed by atoms with E-state index >= 15 is 0 Å². The van der Waals surface area contributed by atoms with Crippen LogP contribution < -0.4 is 5.32 Å². The highest BCUT2D eigenvalue weighted by atomic mass is 35.5. The van der Waals surface area contributed by atoms with E-state index in [9.17, 15) is 31.9 Å². The van der Waals surface area contributed by atoms with Gasteiger partial charge in [0.2, 0.25) is 11.8 Å². The highest BCUT2D eigenvalue weighted by molar-refractivity contribution is 6.31. The molecule has 0 aliphatic carbocycles. The van der Waals surface area contributed by atoms with Gasteiger partial charge in [0.1, 0.15) is 5.82 Å². The van der Waals surface area contributed by atoms with Crippen LogP contribution in [-0.2, 0) is 31.7 Å². The van der Waals surface area contributed by atoms with Crippen molar-refractivity contribution in [2.24, 2.45) is 5.92 Å². The standard InChI is InChI=1S/C33H30ClF4N3O4/c1-18-4-3-5-27(41-13-11-21(17-28(41)42)30-23(33(36,37)38)8-9-24(34)31(30)35)26-16-20(10-12-39-26)22-7-6-19(15-29(43)45-2)14-25(22)40-32(18)44/h6-10,12,14,16-18,27H,3-5,11,13,15H2,1-2H3,(H,40,44)/t18-,27+/m1/s1.